The van der Waals surface area contributed by atoms with Gasteiger partial charge in [-0.1, -0.05) is 22.0 Å². The Morgan fingerprint density at radius 1 is 1.33 bits per heavy atom. The number of amides is 1. The summed E-state index contributed by atoms with van der Waals surface area (Å²) in [5.41, 5.74) is 0.487. The highest BCUT2D eigenvalue weighted by Gasteiger charge is 2.37. The van der Waals surface area contributed by atoms with E-state index in [2.05, 4.69) is 26.0 Å². The molecular formula is C13H16BrNO3. The van der Waals surface area contributed by atoms with E-state index in [1.165, 1.54) is 21.0 Å². The van der Waals surface area contributed by atoms with E-state index in [1.54, 1.807) is 12.1 Å². The van der Waals surface area contributed by atoms with E-state index in [0.29, 0.717) is 5.69 Å². The Morgan fingerprint density at radius 3 is 2.44 bits per heavy atom. The monoisotopic (exact) mass is 313 g/mol. The molecule has 0 radical (unpaired) electrons. The third-order valence-electron chi connectivity index (χ3n) is 2.69. The third-order valence-corrected chi connectivity index (χ3v) is 3.55. The van der Waals surface area contributed by atoms with Crippen LogP contribution in [0.4, 0.5) is 5.69 Å². The Kier molecular flexibility index (Phi) is 4.51. The molecule has 1 aromatic carbocycles. The molecule has 0 aliphatic heterocycles. The van der Waals surface area contributed by atoms with Gasteiger partial charge in [-0.15, -0.1) is 0 Å². The second-order valence-corrected chi connectivity index (χ2v) is 5.39. The summed E-state index contributed by atoms with van der Waals surface area (Å²) in [5.74, 6) is -0.962. The van der Waals surface area contributed by atoms with Crippen molar-refractivity contribution in [2.45, 2.75) is 20.8 Å². The number of methoxy groups -OCH3 is 1. The molecule has 0 atom stereocenters. The van der Waals surface area contributed by atoms with Crippen LogP contribution in [0.2, 0.25) is 0 Å². The van der Waals surface area contributed by atoms with Crippen molar-refractivity contribution >= 4 is 33.5 Å². The number of nitrogens with one attached hydrogen (secondary N) is 1. The number of hydrogen-bond donors (Lipinski definition) is 1. The summed E-state index contributed by atoms with van der Waals surface area (Å²) in [6.45, 7) is 5.00. The summed E-state index contributed by atoms with van der Waals surface area (Å²) < 4.78 is 5.51. The van der Waals surface area contributed by atoms with Gasteiger partial charge < -0.3 is 10.1 Å². The molecule has 5 heteroatoms. The highest BCUT2D eigenvalue weighted by molar-refractivity contribution is 9.10. The number of carbonyl (C=O) groups excluding carboxylic acids is 2. The highest BCUT2D eigenvalue weighted by atomic mass is 79.9. The van der Waals surface area contributed by atoms with Gasteiger partial charge in [0.05, 0.1) is 7.11 Å². The Balaban J connectivity index is 2.87. The first-order chi connectivity index (χ1) is 8.28. The van der Waals surface area contributed by atoms with Gasteiger partial charge in [0.25, 0.3) is 0 Å². The van der Waals surface area contributed by atoms with Crippen molar-refractivity contribution in [1.82, 2.24) is 0 Å². The minimum atomic E-state index is -1.22. The number of halogens is 1. The zero-order valence-corrected chi connectivity index (χ0v) is 12.4. The van der Waals surface area contributed by atoms with E-state index in [4.69, 9.17) is 0 Å². The first-order valence-corrected chi connectivity index (χ1v) is 6.24. The summed E-state index contributed by atoms with van der Waals surface area (Å²) in [4.78, 5) is 23.5. The van der Waals surface area contributed by atoms with Crippen LogP contribution in [-0.2, 0) is 14.3 Å². The van der Waals surface area contributed by atoms with Gasteiger partial charge in [0.15, 0.2) is 0 Å². The van der Waals surface area contributed by atoms with Crippen LogP contribution in [0, 0.1) is 12.3 Å². The minimum Gasteiger partial charge on any atom is -0.468 e. The number of carbonyl (C=O) groups is 2. The molecule has 4 nitrogen and oxygen atoms in total. The van der Waals surface area contributed by atoms with Crippen molar-refractivity contribution in [3.8, 4) is 0 Å². The number of hydrogen-bond acceptors (Lipinski definition) is 3. The lowest BCUT2D eigenvalue weighted by molar-refractivity contribution is -0.154. The van der Waals surface area contributed by atoms with Gasteiger partial charge in [-0.25, -0.2) is 0 Å². The minimum absolute atomic E-state index is 0.398. The molecule has 0 aliphatic carbocycles. The lowest BCUT2D eigenvalue weighted by Crippen LogP contribution is -2.38. The summed E-state index contributed by atoms with van der Waals surface area (Å²) >= 11 is 3.39. The molecule has 0 heterocycles. The molecule has 0 saturated heterocycles. The van der Waals surface area contributed by atoms with Crippen molar-refractivity contribution in [2.24, 2.45) is 5.41 Å². The maximum atomic E-state index is 12.0. The van der Waals surface area contributed by atoms with E-state index in [-0.39, 0.29) is 0 Å². The van der Waals surface area contributed by atoms with Gasteiger partial charge >= 0.3 is 5.97 Å². The SMILES string of the molecule is COC(=O)C(C)(C)C(=O)Nc1ccc(C)c(Br)c1. The van der Waals surface area contributed by atoms with Gasteiger partial charge in [-0.05, 0) is 38.5 Å². The molecule has 1 aromatic rings. The Morgan fingerprint density at radius 2 is 1.94 bits per heavy atom. The number of aryl methyl sites for hydroxylation is 1. The second-order valence-electron chi connectivity index (χ2n) is 4.53. The standard InChI is InChI=1S/C13H16BrNO3/c1-8-5-6-9(7-10(8)14)15-11(16)13(2,3)12(17)18-4/h5-7H,1-4H3,(H,15,16). The van der Waals surface area contributed by atoms with Gasteiger partial charge in [0.1, 0.15) is 5.41 Å². The number of rotatable bonds is 3. The summed E-state index contributed by atoms with van der Waals surface area (Å²) in [7, 11) is 1.26. The average Bonchev–Trinajstić information content (AvgIpc) is 2.32. The maximum Gasteiger partial charge on any atom is 0.320 e. The fourth-order valence-electron chi connectivity index (χ4n) is 1.31. The van der Waals surface area contributed by atoms with E-state index >= 15 is 0 Å². The summed E-state index contributed by atoms with van der Waals surface area (Å²) in [5, 5.41) is 2.70. The lowest BCUT2D eigenvalue weighted by atomic mass is 9.92. The zero-order chi connectivity index (χ0) is 13.9. The summed E-state index contributed by atoms with van der Waals surface area (Å²) in [6.07, 6.45) is 0. The smallest absolute Gasteiger partial charge is 0.320 e. The van der Waals surface area contributed by atoms with Crippen molar-refractivity contribution in [2.75, 3.05) is 12.4 Å². The normalized spacial score (nSPS) is 10.9. The van der Waals surface area contributed by atoms with Crippen LogP contribution in [0.1, 0.15) is 19.4 Å². The Labute approximate surface area is 115 Å². The van der Waals surface area contributed by atoms with Gasteiger partial charge in [-0.2, -0.15) is 0 Å². The topological polar surface area (TPSA) is 55.4 Å². The molecule has 0 unspecified atom stereocenters. The predicted octanol–water partition coefficient (Wildman–Crippen LogP) is 2.90. The molecule has 98 valence electrons. The number of anilines is 1. The van der Waals surface area contributed by atoms with Crippen molar-refractivity contribution < 1.29 is 14.3 Å². The number of esters is 1. The average molecular weight is 314 g/mol. The van der Waals surface area contributed by atoms with Crippen LogP contribution < -0.4 is 5.32 Å². The molecule has 0 bridgehead atoms. The van der Waals surface area contributed by atoms with E-state index in [9.17, 15) is 9.59 Å². The van der Waals surface area contributed by atoms with Crippen LogP contribution in [0.5, 0.6) is 0 Å². The molecule has 0 fully saturated rings. The molecule has 0 spiro atoms. The molecule has 0 saturated carbocycles. The van der Waals surface area contributed by atoms with Crippen molar-refractivity contribution in [3.05, 3.63) is 28.2 Å². The zero-order valence-electron chi connectivity index (χ0n) is 10.8. The van der Waals surface area contributed by atoms with Crippen LogP contribution in [0.15, 0.2) is 22.7 Å². The number of benzene rings is 1. The first-order valence-electron chi connectivity index (χ1n) is 5.45. The van der Waals surface area contributed by atoms with E-state index in [1.807, 2.05) is 13.0 Å². The van der Waals surface area contributed by atoms with Crippen LogP contribution >= 0.6 is 15.9 Å². The van der Waals surface area contributed by atoms with Gasteiger partial charge in [0.2, 0.25) is 5.91 Å². The highest BCUT2D eigenvalue weighted by Crippen LogP contribution is 2.24. The van der Waals surface area contributed by atoms with Crippen LogP contribution in [0.25, 0.3) is 0 Å². The molecule has 0 aromatic heterocycles. The molecular weight excluding hydrogens is 298 g/mol. The first kappa shape index (κ1) is 14.7. The second kappa shape index (κ2) is 5.52. The van der Waals surface area contributed by atoms with Crippen molar-refractivity contribution in [3.63, 3.8) is 0 Å². The van der Waals surface area contributed by atoms with Crippen LogP contribution in [0.3, 0.4) is 0 Å². The maximum absolute atomic E-state index is 12.0. The molecule has 1 rings (SSSR count). The fourth-order valence-corrected chi connectivity index (χ4v) is 1.68. The summed E-state index contributed by atoms with van der Waals surface area (Å²) in [6, 6.07) is 5.46. The van der Waals surface area contributed by atoms with Gasteiger partial charge in [-0.3, -0.25) is 9.59 Å². The van der Waals surface area contributed by atoms with Gasteiger partial charge in [0, 0.05) is 10.2 Å². The largest absolute Gasteiger partial charge is 0.468 e. The van der Waals surface area contributed by atoms with Crippen molar-refractivity contribution in [1.29, 1.82) is 0 Å². The fraction of sp³-hybridized carbons (Fsp3) is 0.385. The van der Waals surface area contributed by atoms with E-state index < -0.39 is 17.3 Å². The Bertz CT molecular complexity index is 483. The predicted molar refractivity (Wildman–Crippen MR) is 73.3 cm³/mol. The van der Waals surface area contributed by atoms with E-state index in [0.717, 1.165) is 10.0 Å². The van der Waals surface area contributed by atoms with Crippen LogP contribution in [-0.4, -0.2) is 19.0 Å². The molecule has 1 N–H and O–H groups in total. The Hall–Kier alpha value is -1.36. The molecule has 18 heavy (non-hydrogen) atoms. The molecule has 1 amide bonds. The third kappa shape index (κ3) is 3.10. The number of ether oxygens (including phenoxy) is 1. The lowest BCUT2D eigenvalue weighted by Gasteiger charge is -2.20. The molecule has 0 aliphatic rings. The quantitative estimate of drug-likeness (QED) is 0.689.